The topological polar surface area (TPSA) is 0 Å². The van der Waals surface area contributed by atoms with Gasteiger partial charge in [0.05, 0.1) is 0 Å². The van der Waals surface area contributed by atoms with Crippen LogP contribution in [0.25, 0.3) is 11.1 Å². The summed E-state index contributed by atoms with van der Waals surface area (Å²) >= 11 is 0. The maximum absolute atomic E-state index is 2.71. The van der Waals surface area contributed by atoms with Crippen molar-refractivity contribution in [2.24, 2.45) is 23.7 Å². The van der Waals surface area contributed by atoms with Crippen LogP contribution in [-0.2, 0) is 6.42 Å². The van der Waals surface area contributed by atoms with Gasteiger partial charge in [-0.3, -0.25) is 0 Å². The van der Waals surface area contributed by atoms with E-state index in [0.29, 0.717) is 0 Å². The van der Waals surface area contributed by atoms with Gasteiger partial charge in [-0.25, -0.2) is 0 Å². The van der Waals surface area contributed by atoms with Crippen molar-refractivity contribution in [2.45, 2.75) is 66.6 Å². The minimum absolute atomic E-state index is 0.839. The Kier molecular flexibility index (Phi) is 2.78. The lowest BCUT2D eigenvalue weighted by Crippen LogP contribution is -2.41. The van der Waals surface area contributed by atoms with Crippen molar-refractivity contribution in [3.05, 3.63) is 128 Å². The first-order valence-corrected chi connectivity index (χ1v) is 15.9. The second-order valence-corrected chi connectivity index (χ2v) is 15.0. The lowest BCUT2D eigenvalue weighted by atomic mass is 9.49. The zero-order chi connectivity index (χ0) is 24.5. The average molecular weight is 499 g/mol. The fraction of sp³-hybridized carbons (Fsp3) is 0.385. The molecule has 4 saturated carbocycles. The van der Waals surface area contributed by atoms with Crippen LogP contribution in [0.4, 0.5) is 0 Å². The number of fused-ring (bicyclic) bond motifs is 31. The van der Waals surface area contributed by atoms with Gasteiger partial charge >= 0.3 is 0 Å². The molecule has 13 rings (SSSR count). The zero-order valence-corrected chi connectivity index (χ0v) is 22.0. The van der Waals surface area contributed by atoms with Crippen LogP contribution in [0, 0.1) is 23.7 Å². The summed E-state index contributed by atoms with van der Waals surface area (Å²) in [7, 11) is 0. The highest BCUT2D eigenvalue weighted by atomic mass is 14.7. The van der Waals surface area contributed by atoms with Gasteiger partial charge in [0.1, 0.15) is 0 Å². The van der Waals surface area contributed by atoms with E-state index in [9.17, 15) is 0 Å². The molecule has 4 bridgehead atoms. The van der Waals surface area contributed by atoms with Crippen molar-refractivity contribution < 1.29 is 0 Å². The van der Waals surface area contributed by atoms with Crippen molar-refractivity contribution in [1.29, 1.82) is 0 Å². The van der Waals surface area contributed by atoms with Crippen LogP contribution in [0.3, 0.4) is 0 Å². The molecule has 0 amide bonds. The SMILES string of the molecule is c1ccc2c(c1)C1C3CC(C21)C1c2cc4c(cc2C31)Cc1cc2c(cc1-4)C1C3CC(C4c5ccccc5C34)C21. The third-order valence-corrected chi connectivity index (χ3v) is 14.5. The zero-order valence-electron chi connectivity index (χ0n) is 22.0. The molecule has 12 atom stereocenters. The molecule has 12 unspecified atom stereocenters. The van der Waals surface area contributed by atoms with E-state index >= 15 is 0 Å². The third kappa shape index (κ3) is 1.75. The maximum Gasteiger partial charge on any atom is -0.00132 e. The van der Waals surface area contributed by atoms with Gasteiger partial charge in [-0.15, -0.1) is 0 Å². The summed E-state index contributed by atoms with van der Waals surface area (Å²) < 4.78 is 0. The first-order valence-electron chi connectivity index (χ1n) is 15.9. The molecule has 0 aromatic heterocycles. The van der Waals surface area contributed by atoms with Crippen LogP contribution in [0.15, 0.2) is 72.8 Å². The van der Waals surface area contributed by atoms with E-state index in [2.05, 4.69) is 72.8 Å². The van der Waals surface area contributed by atoms with Crippen molar-refractivity contribution in [3.8, 4) is 11.1 Å². The van der Waals surface area contributed by atoms with E-state index < -0.39 is 0 Å². The first-order chi connectivity index (χ1) is 19.3. The fourth-order valence-corrected chi connectivity index (χ4v) is 13.6. The van der Waals surface area contributed by atoms with E-state index in [1.807, 2.05) is 0 Å². The van der Waals surface area contributed by atoms with Crippen LogP contribution in [-0.4, -0.2) is 0 Å². The van der Waals surface area contributed by atoms with Gasteiger partial charge in [0, 0.05) is 0 Å². The third-order valence-electron chi connectivity index (χ3n) is 14.5. The summed E-state index contributed by atoms with van der Waals surface area (Å²) in [6.45, 7) is 0. The second kappa shape index (κ2) is 5.69. The van der Waals surface area contributed by atoms with E-state index in [4.69, 9.17) is 0 Å². The Labute approximate surface area is 229 Å². The number of hydrogen-bond donors (Lipinski definition) is 0. The summed E-state index contributed by atoms with van der Waals surface area (Å²) in [5.41, 5.74) is 20.3. The normalized spacial score (nSPS) is 43.1. The summed E-state index contributed by atoms with van der Waals surface area (Å²) in [4.78, 5) is 0. The fourth-order valence-electron chi connectivity index (χ4n) is 13.6. The predicted molar refractivity (Wildman–Crippen MR) is 153 cm³/mol. The number of benzene rings is 4. The van der Waals surface area contributed by atoms with Crippen molar-refractivity contribution in [2.75, 3.05) is 0 Å². The van der Waals surface area contributed by atoms with Crippen LogP contribution in [0.1, 0.15) is 116 Å². The molecule has 0 saturated heterocycles. The molecule has 4 aromatic carbocycles. The lowest BCUT2D eigenvalue weighted by molar-refractivity contribution is 0.228. The van der Waals surface area contributed by atoms with E-state index in [0.717, 1.165) is 71.0 Å². The van der Waals surface area contributed by atoms with Gasteiger partial charge < -0.3 is 0 Å². The van der Waals surface area contributed by atoms with Gasteiger partial charge in [0.15, 0.2) is 0 Å². The smallest absolute Gasteiger partial charge is 0.00132 e. The molecule has 0 radical (unpaired) electrons. The average Bonchev–Trinajstić information content (AvgIpc) is 3.67. The molecule has 0 heteroatoms. The summed E-state index contributed by atoms with van der Waals surface area (Å²) in [6, 6.07) is 29.7. The van der Waals surface area contributed by atoms with E-state index in [1.54, 1.807) is 66.8 Å². The van der Waals surface area contributed by atoms with Crippen molar-refractivity contribution in [3.63, 3.8) is 0 Å². The molecular formula is C39H30. The van der Waals surface area contributed by atoms with Gasteiger partial charge in [-0.05, 0) is 157 Å². The van der Waals surface area contributed by atoms with Gasteiger partial charge in [0.2, 0.25) is 0 Å². The minimum Gasteiger partial charge on any atom is -0.0620 e. The maximum atomic E-state index is 2.71. The van der Waals surface area contributed by atoms with Crippen LogP contribution in [0.2, 0.25) is 0 Å². The summed E-state index contributed by atoms with van der Waals surface area (Å²) in [5, 5.41) is 0. The Hall–Kier alpha value is -3.12. The van der Waals surface area contributed by atoms with Gasteiger partial charge in [0.25, 0.3) is 0 Å². The van der Waals surface area contributed by atoms with Crippen molar-refractivity contribution in [1.82, 2.24) is 0 Å². The molecule has 4 aromatic rings. The molecule has 0 nitrogen and oxygen atoms in total. The Balaban J connectivity index is 0.897. The Morgan fingerprint density at radius 1 is 0.359 bits per heavy atom. The quantitative estimate of drug-likeness (QED) is 0.187. The Bertz CT molecular complexity index is 1750. The number of hydrogen-bond acceptors (Lipinski definition) is 0. The molecule has 39 heavy (non-hydrogen) atoms. The molecule has 186 valence electrons. The van der Waals surface area contributed by atoms with Crippen LogP contribution >= 0.6 is 0 Å². The van der Waals surface area contributed by atoms with Crippen molar-refractivity contribution >= 4 is 0 Å². The Morgan fingerprint density at radius 3 is 1.03 bits per heavy atom. The standard InChI is InChI=1S/C39H30/c1-3-7-20-18(5-1)32-28-14-30(34(20)32)38-26-12-22-16(10-24(26)36(28)38)9-17-11-25-27(13-23(17)22)39-31-15-29(37(25)39)33-19-6-2-4-8-21(19)35(31)33/h1-8,10-13,28-39H,9,14-15H2. The molecule has 0 aliphatic heterocycles. The monoisotopic (exact) mass is 498 g/mol. The summed E-state index contributed by atoms with van der Waals surface area (Å²) in [5.74, 6) is 10.4. The molecule has 4 fully saturated rings. The van der Waals surface area contributed by atoms with E-state index in [-0.39, 0.29) is 0 Å². The highest BCUT2D eigenvalue weighted by Gasteiger charge is 2.68. The van der Waals surface area contributed by atoms with Gasteiger partial charge in [-0.1, -0.05) is 72.8 Å². The summed E-state index contributed by atoms with van der Waals surface area (Å²) in [6.07, 6.45) is 4.12. The number of rotatable bonds is 0. The molecule has 0 N–H and O–H groups in total. The predicted octanol–water partition coefficient (Wildman–Crippen LogP) is 8.68. The highest BCUT2D eigenvalue weighted by Crippen LogP contribution is 2.80. The molecule has 9 aliphatic rings. The molecule has 9 aliphatic carbocycles. The molecule has 0 spiro atoms. The first kappa shape index (κ1) is 19.0. The largest absolute Gasteiger partial charge is 0.0620 e. The highest BCUT2D eigenvalue weighted by molar-refractivity contribution is 5.82. The van der Waals surface area contributed by atoms with Gasteiger partial charge in [-0.2, -0.15) is 0 Å². The minimum atomic E-state index is 0.839. The second-order valence-electron chi connectivity index (χ2n) is 15.0. The van der Waals surface area contributed by atoms with E-state index in [1.165, 1.54) is 19.3 Å². The molecule has 0 heterocycles. The molecular weight excluding hydrogens is 468 g/mol. The lowest BCUT2D eigenvalue weighted by Gasteiger charge is -2.54. The van der Waals surface area contributed by atoms with Crippen LogP contribution < -0.4 is 0 Å². The van der Waals surface area contributed by atoms with Crippen LogP contribution in [0.5, 0.6) is 0 Å². The Morgan fingerprint density at radius 2 is 0.667 bits per heavy atom.